The molecule has 1 aliphatic carbocycles. The van der Waals surface area contributed by atoms with Gasteiger partial charge in [-0.3, -0.25) is 9.59 Å². The largest absolute Gasteiger partial charge is 0.348 e. The number of rotatable bonds is 5. The summed E-state index contributed by atoms with van der Waals surface area (Å²) in [6, 6.07) is 4.74. The number of nitrogens with one attached hydrogen (secondary N) is 1. The summed E-state index contributed by atoms with van der Waals surface area (Å²) >= 11 is 0. The van der Waals surface area contributed by atoms with Crippen molar-refractivity contribution in [1.29, 1.82) is 0 Å². The summed E-state index contributed by atoms with van der Waals surface area (Å²) in [4.78, 5) is 26.5. The number of anilines is 1. The van der Waals surface area contributed by atoms with Gasteiger partial charge < -0.3 is 10.2 Å². The number of fused-ring (bicyclic) bond motifs is 1. The first-order chi connectivity index (χ1) is 14.4. The van der Waals surface area contributed by atoms with Crippen molar-refractivity contribution < 1.29 is 18.0 Å². The van der Waals surface area contributed by atoms with Crippen molar-refractivity contribution in [1.82, 2.24) is 9.62 Å². The maximum absolute atomic E-state index is 13.8. The molecule has 3 aliphatic rings. The van der Waals surface area contributed by atoms with Crippen LogP contribution in [-0.2, 0) is 26.0 Å². The van der Waals surface area contributed by atoms with Crippen molar-refractivity contribution in [2.24, 2.45) is 5.92 Å². The molecule has 0 spiro atoms. The van der Waals surface area contributed by atoms with E-state index in [2.05, 4.69) is 11.9 Å². The molecule has 1 aromatic carbocycles. The van der Waals surface area contributed by atoms with E-state index in [1.807, 2.05) is 27.7 Å². The molecule has 168 valence electrons. The van der Waals surface area contributed by atoms with E-state index < -0.39 is 21.1 Å². The zero-order valence-electron chi connectivity index (χ0n) is 18.6. The van der Waals surface area contributed by atoms with Crippen molar-refractivity contribution in [3.05, 3.63) is 36.4 Å². The average Bonchev–Trinajstić information content (AvgIpc) is 3.40. The highest BCUT2D eigenvalue weighted by atomic mass is 32.2. The summed E-state index contributed by atoms with van der Waals surface area (Å²) in [7, 11) is -3.84. The molecular weight excluding hydrogens is 414 g/mol. The number of hydrogen-bond acceptors (Lipinski definition) is 4. The summed E-state index contributed by atoms with van der Waals surface area (Å²) in [5.74, 6) is -0.0358. The van der Waals surface area contributed by atoms with Crippen molar-refractivity contribution >= 4 is 27.5 Å². The molecule has 0 radical (unpaired) electrons. The van der Waals surface area contributed by atoms with E-state index in [1.54, 1.807) is 23.1 Å². The maximum atomic E-state index is 13.8. The minimum Gasteiger partial charge on any atom is -0.348 e. The van der Waals surface area contributed by atoms with Crippen LogP contribution in [0.25, 0.3) is 0 Å². The van der Waals surface area contributed by atoms with Gasteiger partial charge in [0.2, 0.25) is 21.8 Å². The van der Waals surface area contributed by atoms with Gasteiger partial charge >= 0.3 is 0 Å². The number of carbonyl (C=O) groups is 2. The van der Waals surface area contributed by atoms with E-state index in [9.17, 15) is 18.0 Å². The first-order valence-electron chi connectivity index (χ1n) is 10.8. The Bertz CT molecular complexity index is 1060. The van der Waals surface area contributed by atoms with E-state index in [-0.39, 0.29) is 28.7 Å². The summed E-state index contributed by atoms with van der Waals surface area (Å²) in [5, 5.41) is 2.90. The summed E-state index contributed by atoms with van der Waals surface area (Å²) in [6.45, 7) is 11.6. The van der Waals surface area contributed by atoms with Crippen molar-refractivity contribution in [3.63, 3.8) is 0 Å². The first kappa shape index (κ1) is 22.0. The molecule has 1 unspecified atom stereocenters. The van der Waals surface area contributed by atoms with Crippen LogP contribution >= 0.6 is 0 Å². The molecule has 0 bridgehead atoms. The zero-order valence-corrected chi connectivity index (χ0v) is 19.5. The Morgan fingerprint density at radius 3 is 2.48 bits per heavy atom. The van der Waals surface area contributed by atoms with Crippen LogP contribution in [0.4, 0.5) is 5.69 Å². The lowest BCUT2D eigenvalue weighted by atomic mass is 9.94. The normalized spacial score (nSPS) is 24.6. The van der Waals surface area contributed by atoms with Gasteiger partial charge in [-0.1, -0.05) is 6.58 Å². The van der Waals surface area contributed by atoms with Gasteiger partial charge in [0.15, 0.2) is 0 Å². The highest BCUT2D eigenvalue weighted by molar-refractivity contribution is 7.89. The second-order valence-corrected chi connectivity index (χ2v) is 11.8. The Balaban J connectivity index is 1.67. The highest BCUT2D eigenvalue weighted by Crippen LogP contribution is 2.45. The van der Waals surface area contributed by atoms with E-state index in [0.29, 0.717) is 19.4 Å². The number of nitrogens with zero attached hydrogens (tertiary/aromatic N) is 2. The van der Waals surface area contributed by atoms with Crippen LogP contribution in [0.5, 0.6) is 0 Å². The molecule has 31 heavy (non-hydrogen) atoms. The van der Waals surface area contributed by atoms with Crippen LogP contribution in [0.15, 0.2) is 35.7 Å². The second-order valence-electron chi connectivity index (χ2n) is 10.0. The lowest BCUT2D eigenvalue weighted by Gasteiger charge is -2.40. The molecule has 1 atom stereocenters. The fourth-order valence-corrected chi connectivity index (χ4v) is 7.48. The lowest BCUT2D eigenvalue weighted by Crippen LogP contribution is -2.56. The summed E-state index contributed by atoms with van der Waals surface area (Å²) < 4.78 is 29.2. The summed E-state index contributed by atoms with van der Waals surface area (Å²) in [6.07, 6.45) is 4.24. The molecule has 1 saturated heterocycles. The van der Waals surface area contributed by atoms with Gasteiger partial charge in [0.1, 0.15) is 0 Å². The Labute approximate surface area is 184 Å². The molecule has 2 fully saturated rings. The van der Waals surface area contributed by atoms with Gasteiger partial charge in [-0.15, -0.1) is 0 Å². The molecule has 2 heterocycles. The van der Waals surface area contributed by atoms with E-state index in [4.69, 9.17) is 0 Å². The molecule has 0 aromatic heterocycles. The molecule has 2 aliphatic heterocycles. The molecule has 4 rings (SSSR count). The molecular formula is C23H31N3O4S. The van der Waals surface area contributed by atoms with Crippen LogP contribution < -0.4 is 10.2 Å². The quantitative estimate of drug-likeness (QED) is 0.706. The molecule has 1 N–H and O–H groups in total. The van der Waals surface area contributed by atoms with Crippen LogP contribution in [0, 0.1) is 5.92 Å². The third-order valence-corrected chi connectivity index (χ3v) is 9.10. The first-order valence-corrected chi connectivity index (χ1v) is 12.3. The van der Waals surface area contributed by atoms with Gasteiger partial charge in [0.05, 0.1) is 10.4 Å². The van der Waals surface area contributed by atoms with Gasteiger partial charge in [-0.05, 0) is 83.2 Å². The topological polar surface area (TPSA) is 86.8 Å². The smallest absolute Gasteiger partial charge is 0.244 e. The average molecular weight is 446 g/mol. The van der Waals surface area contributed by atoms with Gasteiger partial charge in [-0.2, -0.15) is 4.31 Å². The van der Waals surface area contributed by atoms with Crippen LogP contribution in [0.1, 0.15) is 52.5 Å². The zero-order chi connectivity index (χ0) is 22.8. The lowest BCUT2D eigenvalue weighted by molar-refractivity contribution is -0.119. The highest BCUT2D eigenvalue weighted by Gasteiger charge is 2.57. The minimum atomic E-state index is -3.84. The Kier molecular flexibility index (Phi) is 5.09. The number of amides is 2. The van der Waals surface area contributed by atoms with Gasteiger partial charge in [0.25, 0.3) is 0 Å². The van der Waals surface area contributed by atoms with E-state index in [1.165, 1.54) is 10.4 Å². The number of hydrogen-bond donors (Lipinski definition) is 1. The second kappa shape index (κ2) is 7.17. The maximum Gasteiger partial charge on any atom is 0.244 e. The van der Waals surface area contributed by atoms with Crippen LogP contribution in [0.2, 0.25) is 0 Å². The van der Waals surface area contributed by atoms with Gasteiger partial charge in [-0.25, -0.2) is 8.42 Å². The molecule has 1 saturated carbocycles. The Morgan fingerprint density at radius 2 is 1.87 bits per heavy atom. The predicted octanol–water partition coefficient (Wildman–Crippen LogP) is 2.61. The van der Waals surface area contributed by atoms with Gasteiger partial charge in [0, 0.05) is 29.7 Å². The summed E-state index contributed by atoms with van der Waals surface area (Å²) in [5.41, 5.74) is 0.205. The van der Waals surface area contributed by atoms with Crippen LogP contribution in [0.3, 0.4) is 0 Å². The molecule has 7 nitrogen and oxygen atoms in total. The number of benzene rings is 1. The fraction of sp³-hybridized carbons (Fsp3) is 0.565. The van der Waals surface area contributed by atoms with Crippen LogP contribution in [-0.4, -0.2) is 48.2 Å². The number of sulfonamides is 1. The Hall–Kier alpha value is -2.19. The van der Waals surface area contributed by atoms with Crippen molar-refractivity contribution in [3.8, 4) is 0 Å². The fourth-order valence-electron chi connectivity index (χ4n) is 5.27. The third kappa shape index (κ3) is 3.59. The SMILES string of the molecule is C=CC(=O)NC1CC(C)(C)N(S(=O)(=O)c2ccc3c(c2)CCN3C(=O)C2CC2)C1(C)C. The number of carbonyl (C=O) groups excluding carboxylic acids is 2. The Morgan fingerprint density at radius 1 is 1.19 bits per heavy atom. The molecule has 8 heteroatoms. The van der Waals surface area contributed by atoms with Crippen molar-refractivity contribution in [2.45, 2.75) is 75.4 Å². The standard InChI is InChI=1S/C23H31N3O4S/c1-6-20(27)24-19-14-22(2,3)26(23(19,4)5)31(29,30)17-9-10-18-16(13-17)11-12-25(18)21(28)15-7-8-15/h6,9-10,13,15,19H,1,7-8,11-12,14H2,2-5H3,(H,24,27). The van der Waals surface area contributed by atoms with Crippen molar-refractivity contribution in [2.75, 3.05) is 11.4 Å². The predicted molar refractivity (Wildman–Crippen MR) is 119 cm³/mol. The minimum absolute atomic E-state index is 0.128. The van der Waals surface area contributed by atoms with E-state index in [0.717, 1.165) is 24.1 Å². The monoisotopic (exact) mass is 445 g/mol. The molecule has 1 aromatic rings. The third-order valence-electron chi connectivity index (χ3n) is 6.81. The van der Waals surface area contributed by atoms with E-state index >= 15 is 0 Å². The molecule has 2 amide bonds.